The molecule has 4 nitrogen and oxygen atoms in total. The topological polar surface area (TPSA) is 72.5 Å². The average Bonchev–Trinajstić information content (AvgIpc) is 2.04. The lowest BCUT2D eigenvalue weighted by molar-refractivity contribution is -0.146. The van der Waals surface area contributed by atoms with Gasteiger partial charge in [0.15, 0.2) is 0 Å². The molecule has 2 atom stereocenters. The van der Waals surface area contributed by atoms with Gasteiger partial charge in [0.25, 0.3) is 0 Å². The Kier molecular flexibility index (Phi) is 2.69. The summed E-state index contributed by atoms with van der Waals surface area (Å²) in [4.78, 5) is 10.8. The minimum atomic E-state index is -1.06. The number of rotatable bonds is 2. The van der Waals surface area contributed by atoms with E-state index in [1.54, 1.807) is 7.11 Å². The summed E-state index contributed by atoms with van der Waals surface area (Å²) < 4.78 is 5.09. The van der Waals surface area contributed by atoms with Gasteiger partial charge in [-0.1, -0.05) is 0 Å². The summed E-state index contributed by atoms with van der Waals surface area (Å²) in [5, 5.41) is 8.83. The Bertz CT molecular complexity index is 183. The lowest BCUT2D eigenvalue weighted by atomic mass is 9.81. The van der Waals surface area contributed by atoms with Gasteiger partial charge >= 0.3 is 5.97 Å². The molecule has 2 unspecified atom stereocenters. The molecule has 1 rings (SSSR count). The van der Waals surface area contributed by atoms with Crippen molar-refractivity contribution in [2.75, 3.05) is 7.11 Å². The van der Waals surface area contributed by atoms with Gasteiger partial charge in [-0.25, -0.2) is 0 Å². The maximum Gasteiger partial charge on any atom is 0.323 e. The molecule has 0 aromatic heterocycles. The molecule has 0 aromatic rings. The zero-order valence-electron chi connectivity index (χ0n) is 7.25. The second-order valence-electron chi connectivity index (χ2n) is 3.42. The molecule has 0 heterocycles. The van der Waals surface area contributed by atoms with Crippen LogP contribution in [0, 0.1) is 0 Å². The average molecular weight is 173 g/mol. The molecule has 12 heavy (non-hydrogen) atoms. The van der Waals surface area contributed by atoms with Crippen molar-refractivity contribution in [1.82, 2.24) is 0 Å². The van der Waals surface area contributed by atoms with Gasteiger partial charge < -0.3 is 15.6 Å². The van der Waals surface area contributed by atoms with Crippen LogP contribution in [0.3, 0.4) is 0 Å². The number of nitrogens with two attached hydrogens (primary N) is 1. The quantitative estimate of drug-likeness (QED) is 0.632. The summed E-state index contributed by atoms with van der Waals surface area (Å²) in [5.41, 5.74) is 4.63. The van der Waals surface area contributed by atoms with Gasteiger partial charge in [0.1, 0.15) is 5.54 Å². The molecule has 1 fully saturated rings. The first-order valence-corrected chi connectivity index (χ1v) is 4.13. The van der Waals surface area contributed by atoms with E-state index < -0.39 is 11.5 Å². The highest BCUT2D eigenvalue weighted by molar-refractivity contribution is 5.78. The van der Waals surface area contributed by atoms with E-state index >= 15 is 0 Å². The molecule has 0 amide bonds. The summed E-state index contributed by atoms with van der Waals surface area (Å²) >= 11 is 0. The number of methoxy groups -OCH3 is 1. The molecular formula is C8H15NO3. The lowest BCUT2D eigenvalue weighted by Gasteiger charge is -2.33. The van der Waals surface area contributed by atoms with Gasteiger partial charge in [0, 0.05) is 13.5 Å². The van der Waals surface area contributed by atoms with Crippen LogP contribution in [0.5, 0.6) is 0 Å². The minimum absolute atomic E-state index is 0.0137. The van der Waals surface area contributed by atoms with Crippen molar-refractivity contribution < 1.29 is 14.6 Å². The molecule has 0 bridgehead atoms. The summed E-state index contributed by atoms with van der Waals surface area (Å²) in [6, 6.07) is 0. The van der Waals surface area contributed by atoms with Crippen molar-refractivity contribution in [2.45, 2.75) is 37.3 Å². The van der Waals surface area contributed by atoms with Crippen molar-refractivity contribution >= 4 is 5.97 Å². The SMILES string of the molecule is COC1CCCC(N)(C(=O)O)C1. The fraction of sp³-hybridized carbons (Fsp3) is 0.875. The monoisotopic (exact) mass is 173 g/mol. The standard InChI is InChI=1S/C8H15NO3/c1-12-6-3-2-4-8(9,5-6)7(10)11/h6H,2-5,9H2,1H3,(H,10,11). The van der Waals surface area contributed by atoms with Crippen LogP contribution in [0.1, 0.15) is 25.7 Å². The zero-order chi connectivity index (χ0) is 9.19. The first-order valence-electron chi connectivity index (χ1n) is 4.13. The number of aliphatic carboxylic acids is 1. The molecule has 0 aromatic carbocycles. The molecule has 1 aliphatic carbocycles. The minimum Gasteiger partial charge on any atom is -0.480 e. The van der Waals surface area contributed by atoms with E-state index in [1.165, 1.54) is 0 Å². The van der Waals surface area contributed by atoms with E-state index in [0.717, 1.165) is 12.8 Å². The Morgan fingerprint density at radius 2 is 2.42 bits per heavy atom. The smallest absolute Gasteiger partial charge is 0.323 e. The molecule has 0 aliphatic heterocycles. The fourth-order valence-electron chi connectivity index (χ4n) is 1.65. The molecule has 0 radical (unpaired) electrons. The van der Waals surface area contributed by atoms with Crippen LogP contribution in [0.15, 0.2) is 0 Å². The molecule has 1 saturated carbocycles. The second kappa shape index (κ2) is 3.41. The highest BCUT2D eigenvalue weighted by atomic mass is 16.5. The maximum atomic E-state index is 10.8. The molecule has 3 N–H and O–H groups in total. The number of hydrogen-bond acceptors (Lipinski definition) is 3. The molecule has 0 spiro atoms. The Balaban J connectivity index is 2.61. The van der Waals surface area contributed by atoms with Crippen molar-refractivity contribution in [3.63, 3.8) is 0 Å². The zero-order valence-corrected chi connectivity index (χ0v) is 7.25. The van der Waals surface area contributed by atoms with Gasteiger partial charge in [-0.2, -0.15) is 0 Å². The number of ether oxygens (including phenoxy) is 1. The van der Waals surface area contributed by atoms with Gasteiger partial charge in [0.2, 0.25) is 0 Å². The van der Waals surface area contributed by atoms with E-state index in [4.69, 9.17) is 15.6 Å². The first kappa shape index (κ1) is 9.48. The fourth-order valence-corrected chi connectivity index (χ4v) is 1.65. The van der Waals surface area contributed by atoms with Crippen molar-refractivity contribution in [3.8, 4) is 0 Å². The second-order valence-corrected chi connectivity index (χ2v) is 3.42. The largest absolute Gasteiger partial charge is 0.480 e. The van der Waals surface area contributed by atoms with Crippen LogP contribution in [-0.4, -0.2) is 29.8 Å². The van der Waals surface area contributed by atoms with E-state index in [9.17, 15) is 4.79 Å². The summed E-state index contributed by atoms with van der Waals surface area (Å²) in [7, 11) is 1.60. The van der Waals surface area contributed by atoms with E-state index in [0.29, 0.717) is 12.8 Å². The normalized spacial score (nSPS) is 36.3. The van der Waals surface area contributed by atoms with Crippen LogP contribution in [0.25, 0.3) is 0 Å². The molecule has 70 valence electrons. The van der Waals surface area contributed by atoms with E-state index in [2.05, 4.69) is 0 Å². The summed E-state index contributed by atoms with van der Waals surface area (Å²) in [5.74, 6) is -0.913. The van der Waals surface area contributed by atoms with Gasteiger partial charge in [0.05, 0.1) is 6.10 Å². The van der Waals surface area contributed by atoms with Crippen molar-refractivity contribution in [2.24, 2.45) is 5.73 Å². The lowest BCUT2D eigenvalue weighted by Crippen LogP contribution is -2.52. The number of hydrogen-bond donors (Lipinski definition) is 2. The number of carboxylic acid groups (broad SMARTS) is 1. The number of carbonyl (C=O) groups is 1. The van der Waals surface area contributed by atoms with Crippen molar-refractivity contribution in [1.29, 1.82) is 0 Å². The Labute approximate surface area is 71.7 Å². The van der Waals surface area contributed by atoms with E-state index in [-0.39, 0.29) is 6.10 Å². The van der Waals surface area contributed by atoms with Gasteiger partial charge in [-0.05, 0) is 19.3 Å². The molecule has 1 aliphatic rings. The summed E-state index contributed by atoms with van der Waals surface area (Å²) in [6.45, 7) is 0. The number of carboxylic acids is 1. The Morgan fingerprint density at radius 1 is 1.75 bits per heavy atom. The van der Waals surface area contributed by atoms with Crippen molar-refractivity contribution in [3.05, 3.63) is 0 Å². The van der Waals surface area contributed by atoms with Gasteiger partial charge in [-0.15, -0.1) is 0 Å². The van der Waals surface area contributed by atoms with Gasteiger partial charge in [-0.3, -0.25) is 4.79 Å². The Morgan fingerprint density at radius 3 is 2.92 bits per heavy atom. The van der Waals surface area contributed by atoms with Crippen LogP contribution in [0.2, 0.25) is 0 Å². The van der Waals surface area contributed by atoms with E-state index in [1.807, 2.05) is 0 Å². The third kappa shape index (κ3) is 1.76. The van der Waals surface area contributed by atoms with Crippen LogP contribution in [-0.2, 0) is 9.53 Å². The summed E-state index contributed by atoms with van der Waals surface area (Å²) in [6.07, 6.45) is 2.75. The van der Waals surface area contributed by atoms with Crippen LogP contribution < -0.4 is 5.73 Å². The predicted molar refractivity (Wildman–Crippen MR) is 43.8 cm³/mol. The van der Waals surface area contributed by atoms with Crippen LogP contribution in [0.4, 0.5) is 0 Å². The Hall–Kier alpha value is -0.610. The predicted octanol–water partition coefficient (Wildman–Crippen LogP) is 0.357. The molecule has 4 heteroatoms. The third-order valence-electron chi connectivity index (χ3n) is 2.50. The molecule has 0 saturated heterocycles. The third-order valence-corrected chi connectivity index (χ3v) is 2.50. The van der Waals surface area contributed by atoms with Crippen LogP contribution >= 0.6 is 0 Å². The highest BCUT2D eigenvalue weighted by Gasteiger charge is 2.39. The maximum absolute atomic E-state index is 10.8. The molecular weight excluding hydrogens is 158 g/mol. The first-order chi connectivity index (χ1) is 5.58. The highest BCUT2D eigenvalue weighted by Crippen LogP contribution is 2.27.